The fourth-order valence-corrected chi connectivity index (χ4v) is 2.30. The Balaban J connectivity index is 2.56. The van der Waals surface area contributed by atoms with Crippen LogP contribution in [0.5, 0.6) is 0 Å². The molecule has 0 aromatic rings. The van der Waals surface area contributed by atoms with Gasteiger partial charge in [-0.3, -0.25) is 9.69 Å². The largest absolute Gasteiger partial charge is 0.298 e. The van der Waals surface area contributed by atoms with Crippen LogP contribution < -0.4 is 0 Å². The third-order valence-electron chi connectivity index (χ3n) is 3.29. The van der Waals surface area contributed by atoms with Crippen LogP contribution in [0.25, 0.3) is 0 Å². The van der Waals surface area contributed by atoms with Crippen LogP contribution in [0.15, 0.2) is 0 Å². The first-order valence-corrected chi connectivity index (χ1v) is 5.73. The van der Waals surface area contributed by atoms with Gasteiger partial charge in [-0.1, -0.05) is 20.8 Å². The second kappa shape index (κ2) is 4.43. The van der Waals surface area contributed by atoms with Crippen molar-refractivity contribution in [3.05, 3.63) is 0 Å². The minimum atomic E-state index is 0.125. The van der Waals surface area contributed by atoms with E-state index in [1.807, 2.05) is 13.8 Å². The average molecular weight is 197 g/mol. The first-order chi connectivity index (χ1) is 6.46. The molecule has 1 fully saturated rings. The van der Waals surface area contributed by atoms with Crippen molar-refractivity contribution in [3.63, 3.8) is 0 Å². The van der Waals surface area contributed by atoms with Gasteiger partial charge in [0.25, 0.3) is 0 Å². The SMILES string of the molecule is CCC(=O)C(C)N1CCCC(C)(C)C1. The fourth-order valence-electron chi connectivity index (χ4n) is 2.30. The highest BCUT2D eigenvalue weighted by atomic mass is 16.1. The van der Waals surface area contributed by atoms with E-state index < -0.39 is 0 Å². The quantitative estimate of drug-likeness (QED) is 0.692. The number of rotatable bonds is 3. The van der Waals surface area contributed by atoms with E-state index in [-0.39, 0.29) is 6.04 Å². The van der Waals surface area contributed by atoms with Crippen LogP contribution in [0.2, 0.25) is 0 Å². The molecule has 1 aliphatic heterocycles. The Morgan fingerprint density at radius 2 is 2.14 bits per heavy atom. The molecule has 0 aliphatic carbocycles. The van der Waals surface area contributed by atoms with Crippen molar-refractivity contribution < 1.29 is 4.79 Å². The maximum absolute atomic E-state index is 11.6. The Morgan fingerprint density at radius 1 is 1.50 bits per heavy atom. The fraction of sp³-hybridized carbons (Fsp3) is 0.917. The van der Waals surface area contributed by atoms with E-state index >= 15 is 0 Å². The summed E-state index contributed by atoms with van der Waals surface area (Å²) in [5.41, 5.74) is 0.389. The normalized spacial score (nSPS) is 24.6. The van der Waals surface area contributed by atoms with Crippen LogP contribution in [-0.4, -0.2) is 29.8 Å². The highest BCUT2D eigenvalue weighted by Gasteiger charge is 2.30. The van der Waals surface area contributed by atoms with Crippen molar-refractivity contribution in [3.8, 4) is 0 Å². The monoisotopic (exact) mass is 197 g/mol. The summed E-state index contributed by atoms with van der Waals surface area (Å²) in [5, 5.41) is 0. The van der Waals surface area contributed by atoms with Gasteiger partial charge in [-0.2, -0.15) is 0 Å². The third-order valence-corrected chi connectivity index (χ3v) is 3.29. The summed E-state index contributed by atoms with van der Waals surface area (Å²) in [6.07, 6.45) is 3.18. The molecule has 1 saturated heterocycles. The summed E-state index contributed by atoms with van der Waals surface area (Å²) in [4.78, 5) is 13.9. The summed E-state index contributed by atoms with van der Waals surface area (Å²) in [6, 6.07) is 0.125. The molecule has 0 radical (unpaired) electrons. The Kier molecular flexibility index (Phi) is 3.71. The van der Waals surface area contributed by atoms with Gasteiger partial charge in [-0.15, -0.1) is 0 Å². The van der Waals surface area contributed by atoms with Gasteiger partial charge in [-0.25, -0.2) is 0 Å². The lowest BCUT2D eigenvalue weighted by molar-refractivity contribution is -0.124. The third kappa shape index (κ3) is 2.81. The number of ketones is 1. The molecule has 14 heavy (non-hydrogen) atoms. The Labute approximate surface area is 87.7 Å². The van der Waals surface area contributed by atoms with Gasteiger partial charge in [0.15, 0.2) is 0 Å². The number of nitrogens with zero attached hydrogens (tertiary/aromatic N) is 1. The molecule has 0 N–H and O–H groups in total. The molecule has 2 heteroatoms. The van der Waals surface area contributed by atoms with E-state index in [2.05, 4.69) is 18.7 Å². The van der Waals surface area contributed by atoms with E-state index in [1.54, 1.807) is 0 Å². The Morgan fingerprint density at radius 3 is 2.64 bits per heavy atom. The second-order valence-electron chi connectivity index (χ2n) is 5.23. The molecule has 1 heterocycles. The summed E-state index contributed by atoms with van der Waals surface area (Å²) < 4.78 is 0. The molecule has 0 aromatic carbocycles. The van der Waals surface area contributed by atoms with E-state index in [0.717, 1.165) is 13.1 Å². The highest BCUT2D eigenvalue weighted by molar-refractivity contribution is 5.83. The minimum Gasteiger partial charge on any atom is -0.298 e. The lowest BCUT2D eigenvalue weighted by Crippen LogP contribution is -2.47. The van der Waals surface area contributed by atoms with Gasteiger partial charge in [-0.05, 0) is 31.7 Å². The molecule has 2 nitrogen and oxygen atoms in total. The Bertz CT molecular complexity index is 210. The first-order valence-electron chi connectivity index (χ1n) is 5.73. The summed E-state index contributed by atoms with van der Waals surface area (Å²) in [7, 11) is 0. The molecule has 0 spiro atoms. The van der Waals surface area contributed by atoms with Crippen LogP contribution in [0.3, 0.4) is 0 Å². The van der Waals surface area contributed by atoms with E-state index in [0.29, 0.717) is 17.6 Å². The van der Waals surface area contributed by atoms with Crippen molar-refractivity contribution in [2.75, 3.05) is 13.1 Å². The van der Waals surface area contributed by atoms with Crippen molar-refractivity contribution in [1.82, 2.24) is 4.90 Å². The van der Waals surface area contributed by atoms with Gasteiger partial charge in [0.2, 0.25) is 0 Å². The van der Waals surface area contributed by atoms with Crippen LogP contribution >= 0.6 is 0 Å². The zero-order valence-electron chi connectivity index (χ0n) is 9.97. The predicted molar refractivity (Wildman–Crippen MR) is 59.3 cm³/mol. The smallest absolute Gasteiger partial charge is 0.149 e. The molecular formula is C12H23NO. The molecule has 1 atom stereocenters. The average Bonchev–Trinajstić information content (AvgIpc) is 2.14. The van der Waals surface area contributed by atoms with Gasteiger partial charge in [0.05, 0.1) is 6.04 Å². The summed E-state index contributed by atoms with van der Waals surface area (Å²) in [5.74, 6) is 0.378. The van der Waals surface area contributed by atoms with Crippen molar-refractivity contribution in [2.24, 2.45) is 5.41 Å². The lowest BCUT2D eigenvalue weighted by Gasteiger charge is -2.40. The second-order valence-corrected chi connectivity index (χ2v) is 5.23. The van der Waals surface area contributed by atoms with Crippen LogP contribution in [0.4, 0.5) is 0 Å². The molecule has 0 bridgehead atoms. The molecular weight excluding hydrogens is 174 g/mol. The molecule has 1 rings (SSSR count). The van der Waals surface area contributed by atoms with Crippen LogP contribution in [-0.2, 0) is 4.79 Å². The molecule has 0 amide bonds. The van der Waals surface area contributed by atoms with Gasteiger partial charge < -0.3 is 0 Å². The number of hydrogen-bond acceptors (Lipinski definition) is 2. The number of carbonyl (C=O) groups excluding carboxylic acids is 1. The van der Waals surface area contributed by atoms with Gasteiger partial charge in [0.1, 0.15) is 5.78 Å². The van der Waals surface area contributed by atoms with Gasteiger partial charge >= 0.3 is 0 Å². The number of Topliss-reactive ketones (excluding diaryl/α,β-unsaturated/α-hetero) is 1. The standard InChI is InChI=1S/C12H23NO/c1-5-11(14)10(2)13-8-6-7-12(3,4)9-13/h10H,5-9H2,1-4H3. The minimum absolute atomic E-state index is 0.125. The molecule has 0 saturated carbocycles. The number of carbonyl (C=O) groups is 1. The molecule has 1 unspecified atom stereocenters. The zero-order chi connectivity index (χ0) is 10.8. The first kappa shape index (κ1) is 11.7. The van der Waals surface area contributed by atoms with Crippen LogP contribution in [0, 0.1) is 5.41 Å². The van der Waals surface area contributed by atoms with E-state index in [1.165, 1.54) is 12.8 Å². The molecule has 82 valence electrons. The summed E-state index contributed by atoms with van der Waals surface area (Å²) in [6.45, 7) is 10.8. The van der Waals surface area contributed by atoms with Crippen LogP contribution in [0.1, 0.15) is 47.0 Å². The number of likely N-dealkylation sites (tertiary alicyclic amines) is 1. The predicted octanol–water partition coefficient (Wildman–Crippen LogP) is 2.48. The zero-order valence-corrected chi connectivity index (χ0v) is 9.97. The van der Waals surface area contributed by atoms with Crippen molar-refractivity contribution >= 4 is 5.78 Å². The van der Waals surface area contributed by atoms with E-state index in [9.17, 15) is 4.79 Å². The van der Waals surface area contributed by atoms with Crippen molar-refractivity contribution in [1.29, 1.82) is 0 Å². The topological polar surface area (TPSA) is 20.3 Å². The number of piperidine rings is 1. The molecule has 0 aromatic heterocycles. The maximum atomic E-state index is 11.6. The maximum Gasteiger partial charge on any atom is 0.149 e. The molecule has 1 aliphatic rings. The Hall–Kier alpha value is -0.370. The summed E-state index contributed by atoms with van der Waals surface area (Å²) >= 11 is 0. The van der Waals surface area contributed by atoms with E-state index in [4.69, 9.17) is 0 Å². The number of hydrogen-bond donors (Lipinski definition) is 0. The lowest BCUT2D eigenvalue weighted by atomic mass is 9.83. The van der Waals surface area contributed by atoms with Gasteiger partial charge in [0, 0.05) is 13.0 Å². The highest BCUT2D eigenvalue weighted by Crippen LogP contribution is 2.29. The van der Waals surface area contributed by atoms with Crippen molar-refractivity contribution in [2.45, 2.75) is 53.0 Å².